The smallest absolute Gasteiger partial charge is 0.328 e. The molecule has 2 aromatic carbocycles. The maximum Gasteiger partial charge on any atom is 0.328 e. The van der Waals surface area contributed by atoms with Gasteiger partial charge in [-0.3, -0.25) is 52.7 Å². The minimum absolute atomic E-state index is 0.157. The molecular formula is C52H69N15O18. The van der Waals surface area contributed by atoms with Crippen LogP contribution in [-0.2, 0) is 83.2 Å². The van der Waals surface area contributed by atoms with Crippen molar-refractivity contribution in [2.75, 3.05) is 6.54 Å². The van der Waals surface area contributed by atoms with E-state index >= 15 is 0 Å². The fraction of sp³-hybridized carbons (Fsp3) is 0.423. The Balaban J connectivity index is 1.57. The van der Waals surface area contributed by atoms with Crippen molar-refractivity contribution < 1.29 is 88.2 Å². The summed E-state index contributed by atoms with van der Waals surface area (Å²) < 4.78 is 0. The number of aliphatic hydroxyl groups is 2. The van der Waals surface area contributed by atoms with Gasteiger partial charge in [-0.2, -0.15) is 0 Å². The number of amides is 10. The molecular weight excluding hydrogens is 1120 g/mol. The van der Waals surface area contributed by atoms with Gasteiger partial charge in [0, 0.05) is 55.9 Å². The molecule has 10 amide bonds. The first-order valence-electron chi connectivity index (χ1n) is 26.1. The summed E-state index contributed by atoms with van der Waals surface area (Å²) in [6.07, 6.45) is -1.12. The maximum atomic E-state index is 14.3. The second-order valence-electron chi connectivity index (χ2n) is 19.6. The fourth-order valence-electron chi connectivity index (χ4n) is 7.95. The summed E-state index contributed by atoms with van der Waals surface area (Å²) >= 11 is 0. The number of phenols is 2. The molecule has 11 atom stereocenters. The second-order valence-corrected chi connectivity index (χ2v) is 19.6. The lowest BCUT2D eigenvalue weighted by atomic mass is 10.0. The van der Waals surface area contributed by atoms with Crippen molar-refractivity contribution in [2.45, 2.75) is 132 Å². The van der Waals surface area contributed by atoms with Crippen LogP contribution in [0.1, 0.15) is 62.5 Å². The molecule has 4 rings (SSSR count). The molecule has 2 heterocycles. The molecule has 460 valence electrons. The van der Waals surface area contributed by atoms with E-state index in [1.54, 1.807) is 0 Å². The quantitative estimate of drug-likeness (QED) is 0.0207. The number of benzene rings is 2. The number of carbonyl (C=O) groups excluding carboxylic acids is 10. The number of H-pyrrole nitrogens is 2. The van der Waals surface area contributed by atoms with Crippen molar-refractivity contribution in [1.82, 2.24) is 67.8 Å². The Hall–Kier alpha value is -10.0. The van der Waals surface area contributed by atoms with Gasteiger partial charge in [0.2, 0.25) is 59.1 Å². The second kappa shape index (κ2) is 32.6. The summed E-state index contributed by atoms with van der Waals surface area (Å²) in [7, 11) is 0. The molecule has 0 aliphatic carbocycles. The van der Waals surface area contributed by atoms with Crippen LogP contribution in [0.4, 0.5) is 0 Å². The number of carboxylic acid groups (broad SMARTS) is 2. The molecule has 4 aromatic rings. The van der Waals surface area contributed by atoms with Crippen molar-refractivity contribution in [3.8, 4) is 11.5 Å². The molecule has 0 fully saturated rings. The van der Waals surface area contributed by atoms with Gasteiger partial charge in [0.15, 0.2) is 6.04 Å². The number of hydrogen-bond donors (Lipinski definition) is 19. The zero-order valence-electron chi connectivity index (χ0n) is 46.1. The van der Waals surface area contributed by atoms with Crippen LogP contribution < -0.4 is 59.3 Å². The number of imidazole rings is 2. The minimum atomic E-state index is -2.07. The van der Waals surface area contributed by atoms with E-state index in [4.69, 9.17) is 11.5 Å². The first kappa shape index (κ1) is 67.5. The van der Waals surface area contributed by atoms with Crippen LogP contribution >= 0.6 is 0 Å². The highest BCUT2D eigenvalue weighted by atomic mass is 16.4. The van der Waals surface area contributed by atoms with Crippen LogP contribution in [-0.4, -0.2) is 195 Å². The molecule has 21 N–H and O–H groups in total. The third-order valence-electron chi connectivity index (χ3n) is 12.6. The van der Waals surface area contributed by atoms with Gasteiger partial charge in [-0.15, -0.1) is 0 Å². The van der Waals surface area contributed by atoms with E-state index in [1.165, 1.54) is 80.5 Å². The highest BCUT2D eigenvalue weighted by molar-refractivity contribution is 5.99. The van der Waals surface area contributed by atoms with Crippen molar-refractivity contribution in [1.29, 1.82) is 0 Å². The molecule has 0 spiro atoms. The number of aromatic hydroxyl groups is 2. The SMILES string of the molecule is C[C@H](NC(=O)CNC(=O)[C@H](Cc1ccc(O)cc1)NC(=O)[C@H](Cc1cnc[nH]1)NC(=O)[C@H](CC(=O)O)NC(=O)[C@@H](NC(=O)[C@H](Cc1ccc(O)cc1)NC(=O)[C@H](Cc1cnc[nH]1)NC(=O)[C@@H](N)CCC(N)=O)[C@@H](C)O)C(=O)N[C@H](C(=O)O)[C@@H](C)O. The number of carboxylic acids is 2. The van der Waals surface area contributed by atoms with Crippen LogP contribution in [0.5, 0.6) is 11.5 Å². The lowest BCUT2D eigenvalue weighted by Crippen LogP contribution is -2.62. The Morgan fingerprint density at radius 3 is 1.35 bits per heavy atom. The summed E-state index contributed by atoms with van der Waals surface area (Å²) in [5.41, 5.74) is 12.4. The van der Waals surface area contributed by atoms with Crippen LogP contribution in [0.2, 0.25) is 0 Å². The van der Waals surface area contributed by atoms with E-state index in [0.717, 1.165) is 13.8 Å². The molecule has 0 bridgehead atoms. The minimum Gasteiger partial charge on any atom is -0.508 e. The van der Waals surface area contributed by atoms with Crippen molar-refractivity contribution in [2.24, 2.45) is 11.5 Å². The molecule has 33 heteroatoms. The molecule has 0 aliphatic rings. The number of aromatic nitrogens is 4. The molecule has 0 aliphatic heterocycles. The summed E-state index contributed by atoms with van der Waals surface area (Å²) in [5, 5.41) is 80.7. The number of nitrogens with zero attached hydrogens (tertiary/aromatic N) is 2. The van der Waals surface area contributed by atoms with Crippen LogP contribution in [0.3, 0.4) is 0 Å². The van der Waals surface area contributed by atoms with Crippen LogP contribution in [0.15, 0.2) is 73.6 Å². The Bertz CT molecular complexity index is 2960. The van der Waals surface area contributed by atoms with Gasteiger partial charge in [0.1, 0.15) is 53.8 Å². The van der Waals surface area contributed by atoms with Gasteiger partial charge in [-0.1, -0.05) is 24.3 Å². The lowest BCUT2D eigenvalue weighted by Gasteiger charge is -2.28. The van der Waals surface area contributed by atoms with Crippen LogP contribution in [0, 0.1) is 0 Å². The fourth-order valence-corrected chi connectivity index (χ4v) is 7.95. The largest absolute Gasteiger partial charge is 0.508 e. The number of hydrogen-bond acceptors (Lipinski definition) is 19. The van der Waals surface area contributed by atoms with Crippen molar-refractivity contribution in [3.05, 3.63) is 96.1 Å². The van der Waals surface area contributed by atoms with Gasteiger partial charge < -0.3 is 99.9 Å². The summed E-state index contributed by atoms with van der Waals surface area (Å²) in [6, 6.07) is -4.17. The zero-order chi connectivity index (χ0) is 63.1. The Morgan fingerprint density at radius 1 is 0.518 bits per heavy atom. The van der Waals surface area contributed by atoms with E-state index in [9.17, 15) is 88.2 Å². The number of rotatable bonds is 34. The highest BCUT2D eigenvalue weighted by Gasteiger charge is 2.37. The number of primary amides is 1. The van der Waals surface area contributed by atoms with E-state index in [-0.39, 0.29) is 49.3 Å². The summed E-state index contributed by atoms with van der Waals surface area (Å²) in [5.74, 6) is -14.0. The van der Waals surface area contributed by atoms with Gasteiger partial charge in [0.25, 0.3) is 0 Å². The molecule has 85 heavy (non-hydrogen) atoms. The van der Waals surface area contributed by atoms with Gasteiger partial charge >= 0.3 is 11.9 Å². The van der Waals surface area contributed by atoms with E-state index < -0.39 is 157 Å². The monoisotopic (exact) mass is 1190 g/mol. The third kappa shape index (κ3) is 22.7. The number of aliphatic hydroxyl groups excluding tert-OH is 2. The highest BCUT2D eigenvalue weighted by Crippen LogP contribution is 2.15. The molecule has 0 saturated carbocycles. The number of aromatic amines is 2. The number of aliphatic carboxylic acids is 2. The first-order valence-corrected chi connectivity index (χ1v) is 26.1. The first-order chi connectivity index (χ1) is 40.1. The van der Waals surface area contributed by atoms with Crippen molar-refractivity contribution >= 4 is 71.0 Å². The lowest BCUT2D eigenvalue weighted by molar-refractivity contribution is -0.145. The van der Waals surface area contributed by atoms with E-state index in [2.05, 4.69) is 67.8 Å². The average molecular weight is 1190 g/mol. The van der Waals surface area contributed by atoms with Gasteiger partial charge in [-0.25, -0.2) is 14.8 Å². The topological polar surface area (TPSA) is 544 Å². The number of carbonyl (C=O) groups is 12. The Labute approximate surface area is 483 Å². The number of nitrogens with two attached hydrogens (primary N) is 2. The predicted molar refractivity (Wildman–Crippen MR) is 292 cm³/mol. The molecule has 0 unspecified atom stereocenters. The van der Waals surface area contributed by atoms with Gasteiger partial charge in [0.05, 0.1) is 43.9 Å². The predicted octanol–water partition coefficient (Wildman–Crippen LogP) is -6.26. The third-order valence-corrected chi connectivity index (χ3v) is 12.6. The Morgan fingerprint density at radius 2 is 0.929 bits per heavy atom. The zero-order valence-corrected chi connectivity index (χ0v) is 46.1. The summed E-state index contributed by atoms with van der Waals surface area (Å²) in [4.78, 5) is 172. The van der Waals surface area contributed by atoms with E-state index in [1.807, 2.05) is 0 Å². The average Bonchev–Trinajstić information content (AvgIpc) is 4.24. The number of nitrogens with one attached hydrogen (secondary N) is 11. The van der Waals surface area contributed by atoms with Crippen molar-refractivity contribution in [3.63, 3.8) is 0 Å². The normalized spacial score (nSPS) is 14.9. The maximum absolute atomic E-state index is 14.3. The number of phenolic OH excluding ortho intramolecular Hbond substituents is 2. The summed E-state index contributed by atoms with van der Waals surface area (Å²) in [6.45, 7) is 2.56. The van der Waals surface area contributed by atoms with E-state index in [0.29, 0.717) is 16.8 Å². The molecule has 0 radical (unpaired) electrons. The Kier molecular flexibility index (Phi) is 25.9. The van der Waals surface area contributed by atoms with Gasteiger partial charge in [-0.05, 0) is 62.6 Å². The molecule has 33 nitrogen and oxygen atoms in total. The van der Waals surface area contributed by atoms with Crippen LogP contribution in [0.25, 0.3) is 0 Å². The molecule has 0 saturated heterocycles. The molecule has 2 aromatic heterocycles. The standard InChI is InChI=1S/C52H69N15O18/c1-24(44(76)67-43(26(3)69)52(84)85)60-40(73)21-57-46(78)34(14-27-4-8-31(70)9-5-27)62-48(80)37(17-30-20-56-23-59-30)64-49(81)38(18-41(74)75)65-51(83)42(25(2)68)66-50(82)35(15-28-6-10-32(71)11-7-28)63-47(79)36(16-29-19-55-22-58-29)61-45(77)33(53)12-13-39(54)72/h4-11,19-20,22-26,33-38,42-43,68-71H,12-18,21,53H2,1-3H3,(H2,54,72)(H,55,58)(H,56,59)(H,57,78)(H,60,73)(H,61,77)(H,62,80)(H,63,79)(H,64,81)(H,65,83)(H,66,82)(H,67,76)(H,74,75)(H,84,85)/t24-,25+,26+,33-,34-,35-,36-,37-,38-,42-,43-/m0/s1.